The van der Waals surface area contributed by atoms with Crippen LogP contribution < -0.4 is 0 Å². The fraction of sp³-hybridized carbons (Fsp3) is 0.111. The second-order valence-electron chi connectivity index (χ2n) is 7.06. The van der Waals surface area contributed by atoms with E-state index in [0.717, 1.165) is 16.7 Å². The lowest BCUT2D eigenvalue weighted by atomic mass is 9.80. The molecule has 0 fully saturated rings. The molecule has 138 valence electrons. The minimum atomic E-state index is -0.673. The molecule has 28 heavy (non-hydrogen) atoms. The normalized spacial score (nSPS) is 11.3. The van der Waals surface area contributed by atoms with Crippen molar-refractivity contribution in [2.75, 3.05) is 0 Å². The molecule has 0 aliphatic rings. The molecule has 0 bridgehead atoms. The molecule has 0 atom stereocenters. The Labute approximate surface area is 167 Å². The Hall–Kier alpha value is -3.16. The van der Waals surface area contributed by atoms with Crippen LogP contribution >= 0.6 is 0 Å². The second kappa shape index (κ2) is 8.24. The number of hydrogen-bond donors (Lipinski definition) is 0. The van der Waals surface area contributed by atoms with E-state index in [1.165, 1.54) is 11.1 Å². The van der Waals surface area contributed by atoms with E-state index in [4.69, 9.17) is 4.74 Å². The first-order valence-electron chi connectivity index (χ1n) is 9.65. The van der Waals surface area contributed by atoms with Crippen LogP contribution in [-0.2, 0) is 16.9 Å². The summed E-state index contributed by atoms with van der Waals surface area (Å²) >= 11 is 0. The maximum Gasteiger partial charge on any atom is 0.144 e. The molecule has 4 rings (SSSR count). The van der Waals surface area contributed by atoms with Gasteiger partial charge in [0.2, 0.25) is 0 Å². The summed E-state index contributed by atoms with van der Waals surface area (Å²) in [6, 6.07) is 40.0. The predicted molar refractivity (Wildman–Crippen MR) is 115 cm³/mol. The molecule has 4 aromatic rings. The van der Waals surface area contributed by atoms with Crippen LogP contribution in [0.4, 0.5) is 0 Å². The maximum atomic E-state index is 6.83. The highest BCUT2D eigenvalue weighted by atomic mass is 16.5. The van der Waals surface area contributed by atoms with Crippen LogP contribution in [0.2, 0.25) is 0 Å². The van der Waals surface area contributed by atoms with E-state index in [1.807, 2.05) is 18.2 Å². The van der Waals surface area contributed by atoms with E-state index in [9.17, 15) is 0 Å². The zero-order valence-electron chi connectivity index (χ0n) is 16.1. The van der Waals surface area contributed by atoms with Crippen LogP contribution in [0.5, 0.6) is 0 Å². The van der Waals surface area contributed by atoms with Gasteiger partial charge in [-0.05, 0) is 29.2 Å². The Morgan fingerprint density at radius 2 is 1.04 bits per heavy atom. The largest absolute Gasteiger partial charge is 0.356 e. The molecule has 4 aromatic carbocycles. The van der Waals surface area contributed by atoms with Crippen molar-refractivity contribution < 1.29 is 4.74 Å². The van der Waals surface area contributed by atoms with Crippen molar-refractivity contribution in [3.8, 4) is 0 Å². The number of hydrogen-bond acceptors (Lipinski definition) is 1. The number of ether oxygens (including phenoxy) is 1. The van der Waals surface area contributed by atoms with Gasteiger partial charge in [0.25, 0.3) is 0 Å². The Bertz CT molecular complexity index is 911. The summed E-state index contributed by atoms with van der Waals surface area (Å²) in [5.74, 6) is 0. The zero-order chi connectivity index (χ0) is 19.2. The molecular formula is C27H24O. The van der Waals surface area contributed by atoms with Crippen molar-refractivity contribution in [2.24, 2.45) is 0 Å². The maximum absolute atomic E-state index is 6.83. The van der Waals surface area contributed by atoms with Gasteiger partial charge in [-0.25, -0.2) is 0 Å². The van der Waals surface area contributed by atoms with Gasteiger partial charge in [0.1, 0.15) is 5.60 Å². The van der Waals surface area contributed by atoms with Crippen LogP contribution in [0, 0.1) is 6.92 Å². The lowest BCUT2D eigenvalue weighted by molar-refractivity contribution is 0.000224. The third-order valence-electron chi connectivity index (χ3n) is 5.08. The molecule has 0 saturated heterocycles. The third kappa shape index (κ3) is 3.62. The summed E-state index contributed by atoms with van der Waals surface area (Å²) in [7, 11) is 0. The molecule has 0 saturated carbocycles. The van der Waals surface area contributed by atoms with Gasteiger partial charge in [0.15, 0.2) is 0 Å². The van der Waals surface area contributed by atoms with Crippen molar-refractivity contribution in [1.82, 2.24) is 0 Å². The zero-order valence-corrected chi connectivity index (χ0v) is 16.1. The Morgan fingerprint density at radius 1 is 0.571 bits per heavy atom. The van der Waals surface area contributed by atoms with Gasteiger partial charge in [0.05, 0.1) is 6.61 Å². The molecule has 0 aliphatic carbocycles. The Morgan fingerprint density at radius 3 is 1.46 bits per heavy atom. The molecule has 0 amide bonds. The van der Waals surface area contributed by atoms with Gasteiger partial charge in [-0.1, -0.05) is 121 Å². The van der Waals surface area contributed by atoms with Crippen molar-refractivity contribution in [1.29, 1.82) is 0 Å². The fourth-order valence-electron chi connectivity index (χ4n) is 3.76. The second-order valence-corrected chi connectivity index (χ2v) is 7.06. The predicted octanol–water partition coefficient (Wildman–Crippen LogP) is 6.50. The average molecular weight is 364 g/mol. The van der Waals surface area contributed by atoms with Crippen LogP contribution in [0.1, 0.15) is 27.8 Å². The smallest absolute Gasteiger partial charge is 0.144 e. The standard InChI is InChI=1S/C27H24O/c1-22-12-11-13-23(20-22)21-28-27(24-14-5-2-6-15-24,25-16-7-3-8-17-25)26-18-9-4-10-19-26/h2-20H,21H2,1H3. The van der Waals surface area contributed by atoms with Crippen molar-refractivity contribution in [3.05, 3.63) is 143 Å². The molecule has 0 unspecified atom stereocenters. The van der Waals surface area contributed by atoms with Crippen LogP contribution in [-0.4, -0.2) is 0 Å². The highest BCUT2D eigenvalue weighted by Gasteiger charge is 2.37. The SMILES string of the molecule is Cc1cccc(COC(c2ccccc2)(c2ccccc2)c2ccccc2)c1. The monoisotopic (exact) mass is 364 g/mol. The van der Waals surface area contributed by atoms with E-state index in [0.29, 0.717) is 6.61 Å². The minimum Gasteiger partial charge on any atom is -0.356 e. The Kier molecular flexibility index (Phi) is 5.36. The topological polar surface area (TPSA) is 9.23 Å². The summed E-state index contributed by atoms with van der Waals surface area (Å²) in [4.78, 5) is 0. The van der Waals surface area contributed by atoms with E-state index in [1.54, 1.807) is 0 Å². The van der Waals surface area contributed by atoms with E-state index >= 15 is 0 Å². The lowest BCUT2D eigenvalue weighted by Crippen LogP contribution is -2.32. The summed E-state index contributed by atoms with van der Waals surface area (Å²) < 4.78 is 6.83. The minimum absolute atomic E-state index is 0.528. The van der Waals surface area contributed by atoms with Crippen molar-refractivity contribution in [2.45, 2.75) is 19.1 Å². The molecule has 0 heterocycles. The van der Waals surface area contributed by atoms with E-state index < -0.39 is 5.60 Å². The molecule has 0 spiro atoms. The van der Waals surface area contributed by atoms with E-state index in [-0.39, 0.29) is 0 Å². The van der Waals surface area contributed by atoms with Crippen molar-refractivity contribution >= 4 is 0 Å². The van der Waals surface area contributed by atoms with E-state index in [2.05, 4.69) is 104 Å². The summed E-state index contributed by atoms with van der Waals surface area (Å²) in [6.45, 7) is 2.64. The summed E-state index contributed by atoms with van der Waals surface area (Å²) in [5.41, 5.74) is 5.12. The number of benzene rings is 4. The van der Waals surface area contributed by atoms with Gasteiger partial charge < -0.3 is 4.74 Å². The molecule has 0 aromatic heterocycles. The number of rotatable bonds is 6. The molecule has 1 heteroatoms. The van der Waals surface area contributed by atoms with Crippen LogP contribution in [0.15, 0.2) is 115 Å². The first-order valence-corrected chi connectivity index (χ1v) is 9.65. The molecular weight excluding hydrogens is 340 g/mol. The molecule has 0 aliphatic heterocycles. The van der Waals surface area contributed by atoms with Gasteiger partial charge >= 0.3 is 0 Å². The Balaban J connectivity index is 1.88. The fourth-order valence-corrected chi connectivity index (χ4v) is 3.76. The molecule has 1 nitrogen and oxygen atoms in total. The third-order valence-corrected chi connectivity index (χ3v) is 5.08. The lowest BCUT2D eigenvalue weighted by Gasteiger charge is -2.36. The summed E-state index contributed by atoms with van der Waals surface area (Å²) in [6.07, 6.45) is 0. The van der Waals surface area contributed by atoms with Crippen LogP contribution in [0.25, 0.3) is 0 Å². The van der Waals surface area contributed by atoms with Gasteiger partial charge in [-0.2, -0.15) is 0 Å². The number of aryl methyl sites for hydroxylation is 1. The highest BCUT2D eigenvalue weighted by Crippen LogP contribution is 2.41. The molecule has 0 radical (unpaired) electrons. The highest BCUT2D eigenvalue weighted by molar-refractivity contribution is 5.47. The van der Waals surface area contributed by atoms with Gasteiger partial charge in [-0.3, -0.25) is 0 Å². The van der Waals surface area contributed by atoms with Gasteiger partial charge in [-0.15, -0.1) is 0 Å². The average Bonchev–Trinajstić information content (AvgIpc) is 2.77. The van der Waals surface area contributed by atoms with Crippen LogP contribution in [0.3, 0.4) is 0 Å². The quantitative estimate of drug-likeness (QED) is 0.355. The molecule has 0 N–H and O–H groups in total. The van der Waals surface area contributed by atoms with Gasteiger partial charge in [0, 0.05) is 0 Å². The summed E-state index contributed by atoms with van der Waals surface area (Å²) in [5, 5.41) is 0. The first kappa shape index (κ1) is 18.2. The first-order chi connectivity index (χ1) is 13.8. The van der Waals surface area contributed by atoms with Crippen molar-refractivity contribution in [3.63, 3.8) is 0 Å².